The van der Waals surface area contributed by atoms with E-state index in [4.69, 9.17) is 0 Å². The molecule has 0 aromatic carbocycles. The molecule has 0 saturated heterocycles. The predicted molar refractivity (Wildman–Crippen MR) is 64.1 cm³/mol. The Balaban J connectivity index is 2.26. The molecule has 1 unspecified atom stereocenters. The number of aliphatic hydroxyl groups is 1. The summed E-state index contributed by atoms with van der Waals surface area (Å²) < 4.78 is 1.96. The Morgan fingerprint density at radius 3 is 2.82 bits per heavy atom. The fraction of sp³-hybridized carbons (Fsp3) is 0.667. The molecule has 1 aliphatic carbocycles. The largest absolute Gasteiger partial charge is 0.392 e. The molecule has 5 nitrogen and oxygen atoms in total. The first-order valence-corrected chi connectivity index (χ1v) is 5.89. The van der Waals surface area contributed by atoms with Crippen molar-refractivity contribution in [1.29, 1.82) is 0 Å². The van der Waals surface area contributed by atoms with E-state index in [1.54, 1.807) is 0 Å². The summed E-state index contributed by atoms with van der Waals surface area (Å²) in [6.45, 7) is 0.903. The van der Waals surface area contributed by atoms with Crippen molar-refractivity contribution in [2.24, 2.45) is 7.05 Å². The van der Waals surface area contributed by atoms with E-state index in [2.05, 4.69) is 9.88 Å². The van der Waals surface area contributed by atoms with Crippen LogP contribution in [0.4, 0.5) is 0 Å². The molecule has 1 aromatic rings. The molecule has 1 aliphatic rings. The number of hydrogen-bond acceptors (Lipinski definition) is 4. The van der Waals surface area contributed by atoms with Crippen LogP contribution in [0.2, 0.25) is 0 Å². The molecule has 1 aromatic heterocycles. The lowest BCUT2D eigenvalue weighted by atomic mass is 9.97. The van der Waals surface area contributed by atoms with Crippen molar-refractivity contribution in [2.75, 3.05) is 20.6 Å². The Morgan fingerprint density at radius 2 is 2.18 bits per heavy atom. The second-order valence-corrected chi connectivity index (χ2v) is 4.92. The van der Waals surface area contributed by atoms with Crippen LogP contribution >= 0.6 is 0 Å². The van der Waals surface area contributed by atoms with Crippen molar-refractivity contribution in [1.82, 2.24) is 14.5 Å². The zero-order valence-corrected chi connectivity index (χ0v) is 10.6. The maximum atomic E-state index is 11.8. The van der Waals surface area contributed by atoms with Gasteiger partial charge in [0.2, 0.25) is 0 Å². The van der Waals surface area contributed by atoms with E-state index in [1.165, 1.54) is 0 Å². The van der Waals surface area contributed by atoms with Crippen molar-refractivity contribution in [3.63, 3.8) is 0 Å². The van der Waals surface area contributed by atoms with Gasteiger partial charge in [0.15, 0.2) is 5.78 Å². The molecule has 1 atom stereocenters. The number of ketones is 1. The number of rotatable bonds is 3. The molecule has 0 radical (unpaired) electrons. The summed E-state index contributed by atoms with van der Waals surface area (Å²) in [6.07, 6.45) is 1.01. The van der Waals surface area contributed by atoms with Gasteiger partial charge in [0, 0.05) is 32.9 Å². The monoisotopic (exact) mass is 237 g/mol. The molecule has 1 N–H and O–H groups in total. The van der Waals surface area contributed by atoms with E-state index >= 15 is 0 Å². The molecule has 0 saturated carbocycles. The Morgan fingerprint density at radius 1 is 1.47 bits per heavy atom. The minimum atomic E-state index is -0.549. The van der Waals surface area contributed by atoms with Crippen molar-refractivity contribution >= 4 is 5.78 Å². The van der Waals surface area contributed by atoms with Crippen LogP contribution in [0.5, 0.6) is 0 Å². The number of fused-ring (bicyclic) bond motifs is 1. The number of aliphatic hydroxyl groups excluding tert-OH is 1. The minimum Gasteiger partial charge on any atom is -0.392 e. The van der Waals surface area contributed by atoms with Crippen LogP contribution in [0.25, 0.3) is 0 Å². The highest BCUT2D eigenvalue weighted by Crippen LogP contribution is 2.22. The quantitative estimate of drug-likeness (QED) is 0.805. The van der Waals surface area contributed by atoms with Crippen molar-refractivity contribution in [3.8, 4) is 0 Å². The third-order valence-corrected chi connectivity index (χ3v) is 3.20. The van der Waals surface area contributed by atoms with E-state index in [-0.39, 0.29) is 12.2 Å². The number of likely N-dealkylation sites (N-methyl/N-ethyl adjacent to an activating group) is 1. The van der Waals surface area contributed by atoms with Gasteiger partial charge in [-0.3, -0.25) is 4.79 Å². The Bertz CT molecular complexity index is 437. The van der Waals surface area contributed by atoms with Crippen LogP contribution in [0.1, 0.15) is 28.4 Å². The van der Waals surface area contributed by atoms with Gasteiger partial charge in [-0.05, 0) is 14.1 Å². The van der Waals surface area contributed by atoms with Gasteiger partial charge in [0.05, 0.1) is 11.8 Å². The maximum absolute atomic E-state index is 11.8. The lowest BCUT2D eigenvalue weighted by molar-refractivity contribution is 0.0844. The average Bonchev–Trinajstić information content (AvgIpc) is 2.54. The van der Waals surface area contributed by atoms with Gasteiger partial charge in [-0.25, -0.2) is 4.98 Å². The van der Waals surface area contributed by atoms with Crippen LogP contribution in [-0.4, -0.2) is 52.1 Å². The van der Waals surface area contributed by atoms with Crippen LogP contribution in [0, 0.1) is 0 Å². The SMILES string of the molecule is CN(C)CCc1nc2c(n1C)CC(O)CC2=O. The molecule has 0 aliphatic heterocycles. The number of hydrogen-bond donors (Lipinski definition) is 1. The Labute approximate surface area is 101 Å². The van der Waals surface area contributed by atoms with E-state index in [0.29, 0.717) is 12.1 Å². The Kier molecular flexibility index (Phi) is 3.31. The third kappa shape index (κ3) is 2.40. The molecule has 5 heteroatoms. The zero-order chi connectivity index (χ0) is 12.6. The van der Waals surface area contributed by atoms with Crippen molar-refractivity contribution in [2.45, 2.75) is 25.4 Å². The van der Waals surface area contributed by atoms with Gasteiger partial charge in [0.25, 0.3) is 0 Å². The minimum absolute atomic E-state index is 0.0366. The first kappa shape index (κ1) is 12.3. The third-order valence-electron chi connectivity index (χ3n) is 3.20. The maximum Gasteiger partial charge on any atom is 0.185 e. The summed E-state index contributed by atoms with van der Waals surface area (Å²) in [7, 11) is 5.94. The Hall–Kier alpha value is -1.20. The number of carbonyl (C=O) groups is 1. The number of nitrogens with zero attached hydrogens (tertiary/aromatic N) is 3. The van der Waals surface area contributed by atoms with Crippen LogP contribution in [0.15, 0.2) is 0 Å². The fourth-order valence-electron chi connectivity index (χ4n) is 2.19. The molecular weight excluding hydrogens is 218 g/mol. The van der Waals surface area contributed by atoms with Gasteiger partial charge in [-0.2, -0.15) is 0 Å². The lowest BCUT2D eigenvalue weighted by Gasteiger charge is -2.16. The van der Waals surface area contributed by atoms with E-state index in [1.807, 2.05) is 25.7 Å². The van der Waals surface area contributed by atoms with Crippen molar-refractivity contribution in [3.05, 3.63) is 17.2 Å². The predicted octanol–water partition coefficient (Wildman–Crippen LogP) is 0.0140. The first-order chi connectivity index (χ1) is 7.99. The van der Waals surface area contributed by atoms with E-state index < -0.39 is 6.10 Å². The highest BCUT2D eigenvalue weighted by atomic mass is 16.3. The fourth-order valence-corrected chi connectivity index (χ4v) is 2.19. The molecule has 94 valence electrons. The van der Waals surface area contributed by atoms with Crippen molar-refractivity contribution < 1.29 is 9.90 Å². The zero-order valence-electron chi connectivity index (χ0n) is 10.6. The molecule has 0 amide bonds. The average molecular weight is 237 g/mol. The first-order valence-electron chi connectivity index (χ1n) is 5.89. The number of Topliss-reactive ketones (excluding diaryl/α,β-unsaturated/α-hetero) is 1. The number of imidazole rings is 1. The van der Waals surface area contributed by atoms with E-state index in [9.17, 15) is 9.90 Å². The summed E-state index contributed by atoms with van der Waals surface area (Å²) in [5.41, 5.74) is 1.44. The van der Waals surface area contributed by atoms with Gasteiger partial charge in [-0.15, -0.1) is 0 Å². The molecule has 2 rings (SSSR count). The summed E-state index contributed by atoms with van der Waals surface area (Å²) in [4.78, 5) is 18.3. The molecular formula is C12H19N3O2. The van der Waals surface area contributed by atoms with Crippen LogP contribution in [0.3, 0.4) is 0 Å². The number of aromatic nitrogens is 2. The molecule has 0 spiro atoms. The van der Waals surface area contributed by atoms with E-state index in [0.717, 1.165) is 24.5 Å². The molecule has 1 heterocycles. The second-order valence-electron chi connectivity index (χ2n) is 4.92. The van der Waals surface area contributed by atoms with Crippen LogP contribution < -0.4 is 0 Å². The summed E-state index contributed by atoms with van der Waals surface area (Å²) in [5, 5.41) is 9.61. The highest BCUT2D eigenvalue weighted by Gasteiger charge is 2.28. The second kappa shape index (κ2) is 4.58. The summed E-state index contributed by atoms with van der Waals surface area (Å²) in [6, 6.07) is 0. The smallest absolute Gasteiger partial charge is 0.185 e. The molecule has 17 heavy (non-hydrogen) atoms. The summed E-state index contributed by atoms with van der Waals surface area (Å²) in [5.74, 6) is 0.886. The molecule has 0 bridgehead atoms. The van der Waals surface area contributed by atoms with Crippen LogP contribution in [-0.2, 0) is 19.9 Å². The highest BCUT2D eigenvalue weighted by molar-refractivity contribution is 5.96. The lowest BCUT2D eigenvalue weighted by Crippen LogP contribution is -2.25. The van der Waals surface area contributed by atoms with Gasteiger partial charge in [-0.1, -0.05) is 0 Å². The standard InChI is InChI=1S/C12H19N3O2/c1-14(2)5-4-11-13-12-9(15(11)3)6-8(16)7-10(12)17/h8,16H,4-7H2,1-3H3. The molecule has 0 fully saturated rings. The normalized spacial score (nSPS) is 19.8. The topological polar surface area (TPSA) is 58.4 Å². The summed E-state index contributed by atoms with van der Waals surface area (Å²) >= 11 is 0. The van der Waals surface area contributed by atoms with Gasteiger partial charge >= 0.3 is 0 Å². The van der Waals surface area contributed by atoms with Gasteiger partial charge in [0.1, 0.15) is 11.5 Å². The van der Waals surface area contributed by atoms with Gasteiger partial charge < -0.3 is 14.6 Å². The number of carbonyl (C=O) groups excluding carboxylic acids is 1.